The molecule has 1 aliphatic rings. The van der Waals surface area contributed by atoms with Crippen LogP contribution in [0, 0.1) is 11.8 Å². The Morgan fingerprint density at radius 1 is 1.14 bits per heavy atom. The first-order valence-corrected chi connectivity index (χ1v) is 11.0. The van der Waals surface area contributed by atoms with Crippen LogP contribution in [0.1, 0.15) is 38.7 Å². The molecule has 164 valence electrons. The molecule has 1 saturated heterocycles. The van der Waals surface area contributed by atoms with Crippen LogP contribution < -0.4 is 15.4 Å². The van der Waals surface area contributed by atoms with Crippen molar-refractivity contribution in [1.29, 1.82) is 0 Å². The summed E-state index contributed by atoms with van der Waals surface area (Å²) in [5.41, 5.74) is 1.28. The smallest absolute Gasteiger partial charge is 0.190 e. The van der Waals surface area contributed by atoms with Crippen LogP contribution in [0.4, 0.5) is 0 Å². The number of aliphatic imine (C=N–C) groups is 1. The van der Waals surface area contributed by atoms with Gasteiger partial charge >= 0.3 is 0 Å². The van der Waals surface area contributed by atoms with E-state index in [1.165, 1.54) is 5.56 Å². The van der Waals surface area contributed by atoms with Crippen molar-refractivity contribution in [3.8, 4) is 5.75 Å². The third-order valence-corrected chi connectivity index (χ3v) is 4.89. The summed E-state index contributed by atoms with van der Waals surface area (Å²) in [6, 6.07) is 8.35. The molecule has 2 rings (SSSR count). The molecule has 0 aliphatic carbocycles. The van der Waals surface area contributed by atoms with E-state index in [0.717, 1.165) is 83.5 Å². The van der Waals surface area contributed by atoms with Gasteiger partial charge in [-0.05, 0) is 55.2 Å². The first-order valence-electron chi connectivity index (χ1n) is 11.0. The Morgan fingerprint density at radius 3 is 2.55 bits per heavy atom. The summed E-state index contributed by atoms with van der Waals surface area (Å²) < 4.78 is 16.9. The Kier molecular flexibility index (Phi) is 11.5. The zero-order valence-corrected chi connectivity index (χ0v) is 18.4. The summed E-state index contributed by atoms with van der Waals surface area (Å²) in [5.74, 6) is 2.98. The first kappa shape index (κ1) is 23.5. The lowest BCUT2D eigenvalue weighted by atomic mass is 10.0. The highest BCUT2D eigenvalue weighted by atomic mass is 16.5. The van der Waals surface area contributed by atoms with Crippen LogP contribution in [0.2, 0.25) is 0 Å². The Labute approximate surface area is 176 Å². The average molecular weight is 406 g/mol. The van der Waals surface area contributed by atoms with Crippen molar-refractivity contribution in [2.45, 2.75) is 39.5 Å². The standard InChI is InChI=1S/C23H39N3O3/c1-19(2)17-29-22-7-5-20(6-8-22)9-13-26-23(24-3)25-12-4-14-28-18-21-10-15-27-16-11-21/h5-8,19,21H,4,9-18H2,1-3H3,(H2,24,25,26). The van der Waals surface area contributed by atoms with Crippen LogP contribution in [-0.4, -0.2) is 59.1 Å². The summed E-state index contributed by atoms with van der Waals surface area (Å²) in [6.07, 6.45) is 4.17. The van der Waals surface area contributed by atoms with E-state index in [2.05, 4.69) is 41.6 Å². The summed E-state index contributed by atoms with van der Waals surface area (Å²) in [4.78, 5) is 4.29. The van der Waals surface area contributed by atoms with Crippen molar-refractivity contribution in [3.05, 3.63) is 29.8 Å². The fourth-order valence-electron chi connectivity index (χ4n) is 3.11. The van der Waals surface area contributed by atoms with E-state index in [1.54, 1.807) is 7.05 Å². The monoisotopic (exact) mass is 405 g/mol. The summed E-state index contributed by atoms with van der Waals surface area (Å²) in [6.45, 7) is 10.2. The molecular formula is C23H39N3O3. The molecule has 1 fully saturated rings. The molecular weight excluding hydrogens is 366 g/mol. The number of ether oxygens (including phenoxy) is 3. The average Bonchev–Trinajstić information content (AvgIpc) is 2.75. The van der Waals surface area contributed by atoms with Crippen molar-refractivity contribution < 1.29 is 14.2 Å². The summed E-state index contributed by atoms with van der Waals surface area (Å²) in [5, 5.41) is 6.72. The molecule has 0 radical (unpaired) electrons. The zero-order valence-electron chi connectivity index (χ0n) is 18.4. The van der Waals surface area contributed by atoms with Gasteiger partial charge in [0.2, 0.25) is 0 Å². The summed E-state index contributed by atoms with van der Waals surface area (Å²) >= 11 is 0. The highest BCUT2D eigenvalue weighted by Crippen LogP contribution is 2.15. The maximum absolute atomic E-state index is 5.80. The van der Waals surface area contributed by atoms with Crippen LogP contribution in [0.15, 0.2) is 29.3 Å². The van der Waals surface area contributed by atoms with Crippen molar-refractivity contribution in [2.24, 2.45) is 16.8 Å². The van der Waals surface area contributed by atoms with Gasteiger partial charge in [-0.1, -0.05) is 26.0 Å². The highest BCUT2D eigenvalue weighted by Gasteiger charge is 2.13. The molecule has 6 heteroatoms. The minimum absolute atomic E-state index is 0.539. The Morgan fingerprint density at radius 2 is 1.86 bits per heavy atom. The molecule has 29 heavy (non-hydrogen) atoms. The van der Waals surface area contributed by atoms with Crippen molar-refractivity contribution in [1.82, 2.24) is 10.6 Å². The Bertz CT molecular complexity index is 569. The van der Waals surface area contributed by atoms with E-state index in [-0.39, 0.29) is 0 Å². The fourth-order valence-corrected chi connectivity index (χ4v) is 3.11. The molecule has 0 amide bonds. The van der Waals surface area contributed by atoms with Crippen LogP contribution in [0.25, 0.3) is 0 Å². The second-order valence-corrected chi connectivity index (χ2v) is 8.01. The molecule has 1 aliphatic heterocycles. The quantitative estimate of drug-likeness (QED) is 0.317. The number of benzene rings is 1. The lowest BCUT2D eigenvalue weighted by molar-refractivity contribution is 0.0203. The van der Waals surface area contributed by atoms with Gasteiger partial charge in [0.1, 0.15) is 5.75 Å². The third-order valence-electron chi connectivity index (χ3n) is 4.89. The van der Waals surface area contributed by atoms with Gasteiger partial charge in [-0.15, -0.1) is 0 Å². The molecule has 0 spiro atoms. The van der Waals surface area contributed by atoms with Crippen molar-refractivity contribution in [2.75, 3.05) is 53.2 Å². The van der Waals surface area contributed by atoms with E-state index in [9.17, 15) is 0 Å². The van der Waals surface area contributed by atoms with Crippen LogP contribution >= 0.6 is 0 Å². The van der Waals surface area contributed by atoms with E-state index >= 15 is 0 Å². The molecule has 0 bridgehead atoms. The number of hydrogen-bond donors (Lipinski definition) is 2. The third kappa shape index (κ3) is 10.5. The van der Waals surface area contributed by atoms with Crippen LogP contribution in [-0.2, 0) is 15.9 Å². The van der Waals surface area contributed by atoms with Gasteiger partial charge in [-0.3, -0.25) is 4.99 Å². The molecule has 6 nitrogen and oxygen atoms in total. The van der Waals surface area contributed by atoms with Gasteiger partial charge in [0.05, 0.1) is 6.61 Å². The Balaban J connectivity index is 1.52. The lowest BCUT2D eigenvalue weighted by Gasteiger charge is -2.21. The molecule has 0 saturated carbocycles. The van der Waals surface area contributed by atoms with E-state index in [1.807, 2.05) is 12.1 Å². The topological polar surface area (TPSA) is 64.1 Å². The van der Waals surface area contributed by atoms with Gasteiger partial charge in [0.15, 0.2) is 5.96 Å². The molecule has 2 N–H and O–H groups in total. The van der Waals surface area contributed by atoms with Crippen LogP contribution in [0.5, 0.6) is 5.75 Å². The van der Waals surface area contributed by atoms with Crippen molar-refractivity contribution in [3.63, 3.8) is 0 Å². The highest BCUT2D eigenvalue weighted by molar-refractivity contribution is 5.79. The normalized spacial score (nSPS) is 15.5. The predicted molar refractivity (Wildman–Crippen MR) is 119 cm³/mol. The minimum atomic E-state index is 0.539. The van der Waals surface area contributed by atoms with E-state index in [0.29, 0.717) is 11.8 Å². The number of rotatable bonds is 12. The largest absolute Gasteiger partial charge is 0.493 e. The number of nitrogens with one attached hydrogen (secondary N) is 2. The maximum Gasteiger partial charge on any atom is 0.190 e. The fraction of sp³-hybridized carbons (Fsp3) is 0.696. The Hall–Kier alpha value is -1.79. The molecule has 0 atom stereocenters. The molecule has 1 heterocycles. The SMILES string of the molecule is CN=C(NCCCOCC1CCOCC1)NCCc1ccc(OCC(C)C)cc1. The van der Waals surface area contributed by atoms with Gasteiger partial charge in [0, 0.05) is 46.6 Å². The number of nitrogens with zero attached hydrogens (tertiary/aromatic N) is 1. The second-order valence-electron chi connectivity index (χ2n) is 8.01. The number of guanidine groups is 1. The molecule has 0 aromatic heterocycles. The predicted octanol–water partition coefficient (Wildman–Crippen LogP) is 3.26. The first-order chi connectivity index (χ1) is 14.2. The molecule has 0 unspecified atom stereocenters. The maximum atomic E-state index is 5.80. The molecule has 1 aromatic rings. The minimum Gasteiger partial charge on any atom is -0.493 e. The van der Waals surface area contributed by atoms with Gasteiger partial charge < -0.3 is 24.8 Å². The lowest BCUT2D eigenvalue weighted by Crippen LogP contribution is -2.39. The van der Waals surface area contributed by atoms with Crippen LogP contribution in [0.3, 0.4) is 0 Å². The summed E-state index contributed by atoms with van der Waals surface area (Å²) in [7, 11) is 1.80. The molecule has 1 aromatic carbocycles. The zero-order chi connectivity index (χ0) is 20.7. The van der Waals surface area contributed by atoms with Crippen molar-refractivity contribution >= 4 is 5.96 Å². The van der Waals surface area contributed by atoms with Gasteiger partial charge in [-0.2, -0.15) is 0 Å². The van der Waals surface area contributed by atoms with E-state index < -0.39 is 0 Å². The second kappa shape index (κ2) is 14.2. The van der Waals surface area contributed by atoms with Gasteiger partial charge in [0.25, 0.3) is 0 Å². The number of hydrogen-bond acceptors (Lipinski definition) is 4. The van der Waals surface area contributed by atoms with E-state index in [4.69, 9.17) is 14.2 Å². The van der Waals surface area contributed by atoms with Gasteiger partial charge in [-0.25, -0.2) is 0 Å².